The second kappa shape index (κ2) is 4.73. The van der Waals surface area contributed by atoms with E-state index in [0.717, 1.165) is 32.4 Å². The molecule has 1 aliphatic rings. The molecule has 15 heavy (non-hydrogen) atoms. The zero-order valence-electron chi connectivity index (χ0n) is 8.95. The molecule has 3 heteroatoms. The smallest absolute Gasteiger partial charge is 0.0771 e. The van der Waals surface area contributed by atoms with E-state index in [-0.39, 0.29) is 0 Å². The fourth-order valence-corrected chi connectivity index (χ4v) is 1.86. The van der Waals surface area contributed by atoms with E-state index in [1.165, 1.54) is 12.0 Å². The van der Waals surface area contributed by atoms with Gasteiger partial charge in [-0.1, -0.05) is 6.07 Å². The van der Waals surface area contributed by atoms with Gasteiger partial charge in [-0.25, -0.2) is 0 Å². The van der Waals surface area contributed by atoms with Gasteiger partial charge in [0.05, 0.1) is 5.60 Å². The van der Waals surface area contributed by atoms with E-state index in [4.69, 9.17) is 0 Å². The molecule has 2 N–H and O–H groups in total. The van der Waals surface area contributed by atoms with E-state index >= 15 is 0 Å². The Morgan fingerprint density at radius 3 is 2.93 bits per heavy atom. The summed E-state index contributed by atoms with van der Waals surface area (Å²) in [7, 11) is 0. The van der Waals surface area contributed by atoms with Crippen LogP contribution in [0.25, 0.3) is 0 Å². The molecular formula is C12H18N2O. The Labute approximate surface area is 90.5 Å². The maximum Gasteiger partial charge on any atom is 0.0771 e. The molecular weight excluding hydrogens is 188 g/mol. The highest BCUT2D eigenvalue weighted by Gasteiger charge is 2.33. The SMILES string of the molecule is OC1(CNCCc2cccnc2)CCC1. The average molecular weight is 206 g/mol. The van der Waals surface area contributed by atoms with Gasteiger partial charge in [-0.3, -0.25) is 4.98 Å². The van der Waals surface area contributed by atoms with Gasteiger partial charge in [-0.05, 0) is 43.9 Å². The summed E-state index contributed by atoms with van der Waals surface area (Å²) in [5.74, 6) is 0. The molecule has 0 aromatic carbocycles. The molecule has 1 fully saturated rings. The molecule has 1 saturated carbocycles. The first kappa shape index (κ1) is 10.6. The second-order valence-corrected chi connectivity index (χ2v) is 4.37. The van der Waals surface area contributed by atoms with Gasteiger partial charge < -0.3 is 10.4 Å². The van der Waals surface area contributed by atoms with E-state index < -0.39 is 5.60 Å². The van der Waals surface area contributed by atoms with Crippen molar-refractivity contribution in [1.82, 2.24) is 10.3 Å². The number of nitrogens with one attached hydrogen (secondary N) is 1. The fraction of sp³-hybridized carbons (Fsp3) is 0.583. The Morgan fingerprint density at radius 2 is 2.33 bits per heavy atom. The highest BCUT2D eigenvalue weighted by Crippen LogP contribution is 2.30. The summed E-state index contributed by atoms with van der Waals surface area (Å²) in [6.07, 6.45) is 7.72. The molecule has 0 spiro atoms. The van der Waals surface area contributed by atoms with E-state index in [1.807, 2.05) is 12.3 Å². The van der Waals surface area contributed by atoms with Crippen molar-refractivity contribution in [3.63, 3.8) is 0 Å². The highest BCUT2D eigenvalue weighted by molar-refractivity contribution is 5.08. The van der Waals surface area contributed by atoms with Gasteiger partial charge in [0.2, 0.25) is 0 Å². The first-order valence-electron chi connectivity index (χ1n) is 5.61. The zero-order chi connectivity index (χ0) is 10.6. The molecule has 1 aromatic rings. The summed E-state index contributed by atoms with van der Waals surface area (Å²) in [4.78, 5) is 4.06. The molecule has 0 aliphatic heterocycles. The van der Waals surface area contributed by atoms with Crippen molar-refractivity contribution in [3.8, 4) is 0 Å². The van der Waals surface area contributed by atoms with Crippen LogP contribution in [0.1, 0.15) is 24.8 Å². The number of hydrogen-bond donors (Lipinski definition) is 2. The van der Waals surface area contributed by atoms with Gasteiger partial charge in [0.15, 0.2) is 0 Å². The number of rotatable bonds is 5. The summed E-state index contributed by atoms with van der Waals surface area (Å²) in [5.41, 5.74) is 0.833. The van der Waals surface area contributed by atoms with Crippen molar-refractivity contribution < 1.29 is 5.11 Å². The van der Waals surface area contributed by atoms with E-state index in [9.17, 15) is 5.11 Å². The minimum Gasteiger partial charge on any atom is -0.389 e. The Balaban J connectivity index is 1.63. The summed E-state index contributed by atoms with van der Waals surface area (Å²) in [5, 5.41) is 13.1. The van der Waals surface area contributed by atoms with E-state index in [1.54, 1.807) is 6.20 Å². The van der Waals surface area contributed by atoms with Crippen molar-refractivity contribution in [1.29, 1.82) is 0 Å². The number of pyridine rings is 1. The maximum atomic E-state index is 9.83. The summed E-state index contributed by atoms with van der Waals surface area (Å²) in [6, 6.07) is 4.03. The third-order valence-electron chi connectivity index (χ3n) is 3.05. The van der Waals surface area contributed by atoms with Gasteiger partial charge in [-0.15, -0.1) is 0 Å². The Hall–Kier alpha value is -0.930. The molecule has 2 rings (SSSR count). The molecule has 0 radical (unpaired) electrons. The quantitative estimate of drug-likeness (QED) is 0.710. The predicted molar refractivity (Wildman–Crippen MR) is 59.6 cm³/mol. The Kier molecular flexibility index (Phi) is 3.34. The lowest BCUT2D eigenvalue weighted by Gasteiger charge is -2.36. The van der Waals surface area contributed by atoms with Crippen molar-refractivity contribution in [3.05, 3.63) is 30.1 Å². The van der Waals surface area contributed by atoms with Gasteiger partial charge in [0, 0.05) is 18.9 Å². The third kappa shape index (κ3) is 3.01. The molecule has 0 unspecified atom stereocenters. The minimum atomic E-state index is -0.408. The number of hydrogen-bond acceptors (Lipinski definition) is 3. The monoisotopic (exact) mass is 206 g/mol. The highest BCUT2D eigenvalue weighted by atomic mass is 16.3. The van der Waals surface area contributed by atoms with Crippen LogP contribution in [0.15, 0.2) is 24.5 Å². The van der Waals surface area contributed by atoms with Crippen molar-refractivity contribution in [2.75, 3.05) is 13.1 Å². The van der Waals surface area contributed by atoms with Crippen LogP contribution < -0.4 is 5.32 Å². The van der Waals surface area contributed by atoms with Crippen LogP contribution in [0.5, 0.6) is 0 Å². The van der Waals surface area contributed by atoms with Crippen LogP contribution in [0, 0.1) is 0 Å². The third-order valence-corrected chi connectivity index (χ3v) is 3.05. The van der Waals surface area contributed by atoms with Gasteiger partial charge >= 0.3 is 0 Å². The van der Waals surface area contributed by atoms with E-state index in [2.05, 4.69) is 16.4 Å². The standard InChI is InChI=1S/C12H18N2O/c15-12(5-2-6-12)10-14-8-4-11-3-1-7-13-9-11/h1,3,7,9,14-15H,2,4-6,8,10H2. The van der Waals surface area contributed by atoms with E-state index in [0.29, 0.717) is 0 Å². The lowest BCUT2D eigenvalue weighted by molar-refractivity contribution is -0.0310. The number of nitrogens with zero attached hydrogens (tertiary/aromatic N) is 1. The number of aromatic nitrogens is 1. The lowest BCUT2D eigenvalue weighted by Crippen LogP contribution is -2.46. The predicted octanol–water partition coefficient (Wildman–Crippen LogP) is 1.13. The van der Waals surface area contributed by atoms with Gasteiger partial charge in [-0.2, -0.15) is 0 Å². The number of aliphatic hydroxyl groups is 1. The second-order valence-electron chi connectivity index (χ2n) is 4.37. The van der Waals surface area contributed by atoms with Gasteiger partial charge in [0.25, 0.3) is 0 Å². The summed E-state index contributed by atoms with van der Waals surface area (Å²) in [6.45, 7) is 1.64. The molecule has 3 nitrogen and oxygen atoms in total. The van der Waals surface area contributed by atoms with Crippen LogP contribution in [0.4, 0.5) is 0 Å². The normalized spacial score (nSPS) is 18.5. The topological polar surface area (TPSA) is 45.1 Å². The van der Waals surface area contributed by atoms with Crippen LogP contribution in [-0.4, -0.2) is 28.8 Å². The molecule has 1 aromatic heterocycles. The van der Waals surface area contributed by atoms with Crippen LogP contribution >= 0.6 is 0 Å². The van der Waals surface area contributed by atoms with Gasteiger partial charge in [0.1, 0.15) is 0 Å². The van der Waals surface area contributed by atoms with Crippen LogP contribution in [0.3, 0.4) is 0 Å². The van der Waals surface area contributed by atoms with Crippen LogP contribution in [0.2, 0.25) is 0 Å². The van der Waals surface area contributed by atoms with Crippen LogP contribution in [-0.2, 0) is 6.42 Å². The molecule has 82 valence electrons. The first-order valence-corrected chi connectivity index (χ1v) is 5.61. The largest absolute Gasteiger partial charge is 0.389 e. The maximum absolute atomic E-state index is 9.83. The Morgan fingerprint density at radius 1 is 1.47 bits per heavy atom. The zero-order valence-corrected chi connectivity index (χ0v) is 8.95. The molecule has 1 heterocycles. The molecule has 0 atom stereocenters. The van der Waals surface area contributed by atoms with Crippen molar-refractivity contribution in [2.24, 2.45) is 0 Å². The minimum absolute atomic E-state index is 0.408. The molecule has 1 aliphatic carbocycles. The van der Waals surface area contributed by atoms with Crippen molar-refractivity contribution in [2.45, 2.75) is 31.3 Å². The first-order chi connectivity index (χ1) is 7.29. The summed E-state index contributed by atoms with van der Waals surface area (Å²) >= 11 is 0. The molecule has 0 bridgehead atoms. The Bertz CT molecular complexity index is 296. The lowest BCUT2D eigenvalue weighted by atomic mass is 9.80. The average Bonchev–Trinajstić information content (AvgIpc) is 2.23. The fourth-order valence-electron chi connectivity index (χ4n) is 1.86. The van der Waals surface area contributed by atoms with Crippen molar-refractivity contribution >= 4 is 0 Å². The molecule has 0 saturated heterocycles. The summed E-state index contributed by atoms with van der Waals surface area (Å²) < 4.78 is 0. The molecule has 0 amide bonds.